The van der Waals surface area contributed by atoms with Crippen LogP contribution in [0.2, 0.25) is 0 Å². The van der Waals surface area contributed by atoms with Gasteiger partial charge in [0.05, 0.1) is 5.70 Å². The van der Waals surface area contributed by atoms with Crippen LogP contribution in [-0.4, -0.2) is 29.8 Å². The van der Waals surface area contributed by atoms with E-state index in [9.17, 15) is 9.59 Å². The Morgan fingerprint density at radius 2 is 2.10 bits per heavy atom. The second kappa shape index (κ2) is 7.14. The van der Waals surface area contributed by atoms with Gasteiger partial charge in [0.15, 0.2) is 0 Å². The number of benzene rings is 1. The minimum absolute atomic E-state index is 0.258. The van der Waals surface area contributed by atoms with E-state index in [4.69, 9.17) is 10.9 Å². The summed E-state index contributed by atoms with van der Waals surface area (Å²) in [6.07, 6.45) is 2.18. The van der Waals surface area contributed by atoms with Crippen LogP contribution in [0.25, 0.3) is 5.70 Å². The van der Waals surface area contributed by atoms with Gasteiger partial charge in [-0.3, -0.25) is 14.7 Å². The summed E-state index contributed by atoms with van der Waals surface area (Å²) in [5.41, 5.74) is 7.24. The molecule has 2 rings (SSSR count). The van der Waals surface area contributed by atoms with E-state index in [1.165, 1.54) is 4.90 Å². The summed E-state index contributed by atoms with van der Waals surface area (Å²) in [4.78, 5) is 24.7. The van der Waals surface area contributed by atoms with Crippen LogP contribution in [0.5, 0.6) is 0 Å². The summed E-state index contributed by atoms with van der Waals surface area (Å²) in [5.74, 6) is -0.258. The fourth-order valence-corrected chi connectivity index (χ4v) is 2.71. The quantitative estimate of drug-likeness (QED) is 0.546. The third-order valence-electron chi connectivity index (χ3n) is 3.42. The number of rotatable bonds is 5. The van der Waals surface area contributed by atoms with E-state index < -0.39 is 6.04 Å². The van der Waals surface area contributed by atoms with Crippen molar-refractivity contribution in [2.24, 2.45) is 10.9 Å². The highest BCUT2D eigenvalue weighted by atomic mass is 32.2. The fourth-order valence-electron chi connectivity index (χ4n) is 2.30. The van der Waals surface area contributed by atoms with Crippen molar-refractivity contribution in [3.63, 3.8) is 0 Å². The van der Waals surface area contributed by atoms with Gasteiger partial charge in [0.25, 0.3) is 0 Å². The third-order valence-corrected chi connectivity index (χ3v) is 3.97. The van der Waals surface area contributed by atoms with Crippen LogP contribution in [0.3, 0.4) is 0 Å². The molecule has 0 aromatic heterocycles. The molecule has 2 amide bonds. The maximum atomic E-state index is 12.2. The van der Waals surface area contributed by atoms with E-state index in [1.54, 1.807) is 0 Å². The van der Waals surface area contributed by atoms with E-state index in [2.05, 4.69) is 5.32 Å². The van der Waals surface area contributed by atoms with Crippen LogP contribution in [0.1, 0.15) is 18.4 Å². The molecule has 0 saturated carbocycles. The number of nitrogens with zero attached hydrogens (tertiary/aromatic N) is 1. The Balaban J connectivity index is 2.15. The highest BCUT2D eigenvalue weighted by Crippen LogP contribution is 2.20. The molecule has 5 N–H and O–H groups in total. The first-order valence-corrected chi connectivity index (χ1v) is 7.49. The summed E-state index contributed by atoms with van der Waals surface area (Å²) >= 11 is 0.885. The Hall–Kier alpha value is -1.99. The average Bonchev–Trinajstić information content (AvgIpc) is 3.01. The zero-order valence-electron chi connectivity index (χ0n) is 11.5. The molecule has 6 nitrogen and oxygen atoms in total. The molecule has 1 aromatic rings. The molecule has 1 unspecified atom stereocenters. The lowest BCUT2D eigenvalue weighted by molar-refractivity contribution is -0.130. The standard InChI is InChI=1S/C14H18N4O2S/c15-12(10-5-2-1-3-6-10)14(21-16)17-13(20)11-7-4-8-18(11)9-19/h1-3,5-6,9,11H,4,7-8,15-16H2,(H,17,20)/b14-12-. The van der Waals surface area contributed by atoms with Crippen LogP contribution in [0, 0.1) is 0 Å². The molecule has 0 aliphatic carbocycles. The lowest BCUT2D eigenvalue weighted by Crippen LogP contribution is -2.42. The van der Waals surface area contributed by atoms with Crippen LogP contribution >= 0.6 is 11.9 Å². The molecular formula is C14H18N4O2S. The smallest absolute Gasteiger partial charge is 0.247 e. The zero-order chi connectivity index (χ0) is 15.2. The molecule has 1 heterocycles. The summed E-state index contributed by atoms with van der Waals surface area (Å²) in [6, 6.07) is 8.82. The number of hydrogen-bond acceptors (Lipinski definition) is 5. The normalized spacial score (nSPS) is 19.1. The first-order valence-electron chi connectivity index (χ1n) is 6.61. The summed E-state index contributed by atoms with van der Waals surface area (Å²) in [5, 5.41) is 8.72. The summed E-state index contributed by atoms with van der Waals surface area (Å²) in [7, 11) is 0. The minimum atomic E-state index is -0.451. The molecule has 1 atom stereocenters. The topological polar surface area (TPSA) is 101 Å². The van der Waals surface area contributed by atoms with Crippen LogP contribution in [-0.2, 0) is 9.59 Å². The highest BCUT2D eigenvalue weighted by Gasteiger charge is 2.30. The summed E-state index contributed by atoms with van der Waals surface area (Å²) in [6.45, 7) is 0.602. The van der Waals surface area contributed by atoms with Gasteiger partial charge in [0.1, 0.15) is 11.1 Å². The second-order valence-electron chi connectivity index (χ2n) is 4.72. The number of nitrogens with two attached hydrogens (primary N) is 2. The fraction of sp³-hybridized carbons (Fsp3) is 0.286. The van der Waals surface area contributed by atoms with Gasteiger partial charge in [-0.05, 0) is 24.8 Å². The Kier molecular flexibility index (Phi) is 5.24. The lowest BCUT2D eigenvalue weighted by atomic mass is 10.1. The third kappa shape index (κ3) is 3.56. The maximum Gasteiger partial charge on any atom is 0.247 e. The molecule has 0 bridgehead atoms. The van der Waals surface area contributed by atoms with Gasteiger partial charge in [0, 0.05) is 12.1 Å². The van der Waals surface area contributed by atoms with Gasteiger partial charge in [-0.15, -0.1) is 0 Å². The van der Waals surface area contributed by atoms with E-state index in [0.29, 0.717) is 30.1 Å². The molecule has 112 valence electrons. The van der Waals surface area contributed by atoms with Gasteiger partial charge in [-0.1, -0.05) is 30.3 Å². The van der Waals surface area contributed by atoms with E-state index in [-0.39, 0.29) is 5.91 Å². The zero-order valence-corrected chi connectivity index (χ0v) is 12.3. The van der Waals surface area contributed by atoms with Crippen molar-refractivity contribution < 1.29 is 9.59 Å². The van der Waals surface area contributed by atoms with Crippen LogP contribution in [0.15, 0.2) is 35.4 Å². The van der Waals surface area contributed by atoms with E-state index in [0.717, 1.165) is 23.9 Å². The van der Waals surface area contributed by atoms with Gasteiger partial charge in [-0.2, -0.15) is 0 Å². The van der Waals surface area contributed by atoms with E-state index in [1.807, 2.05) is 30.3 Å². The molecule has 0 spiro atoms. The predicted octanol–water partition coefficient (Wildman–Crippen LogP) is 0.615. The van der Waals surface area contributed by atoms with Gasteiger partial charge in [-0.25, -0.2) is 0 Å². The lowest BCUT2D eigenvalue weighted by Gasteiger charge is -2.20. The van der Waals surface area contributed by atoms with Crippen LogP contribution in [0.4, 0.5) is 0 Å². The molecular weight excluding hydrogens is 288 g/mol. The van der Waals surface area contributed by atoms with Crippen molar-refractivity contribution in [3.05, 3.63) is 40.9 Å². The molecule has 1 saturated heterocycles. The SMILES string of the molecule is NS/C(NC(=O)C1CCCN1C=O)=C(\N)c1ccccc1. The Morgan fingerprint density at radius 3 is 2.71 bits per heavy atom. The number of amides is 2. The monoisotopic (exact) mass is 306 g/mol. The number of likely N-dealkylation sites (tertiary alicyclic amines) is 1. The van der Waals surface area contributed by atoms with Crippen molar-refractivity contribution in [2.45, 2.75) is 18.9 Å². The molecule has 1 aromatic carbocycles. The largest absolute Gasteiger partial charge is 0.396 e. The second-order valence-corrected chi connectivity index (χ2v) is 5.36. The van der Waals surface area contributed by atoms with Crippen molar-refractivity contribution in [2.75, 3.05) is 6.54 Å². The van der Waals surface area contributed by atoms with Gasteiger partial charge >= 0.3 is 0 Å². The molecule has 1 fully saturated rings. The first kappa shape index (κ1) is 15.4. The van der Waals surface area contributed by atoms with Gasteiger partial charge < -0.3 is 16.0 Å². The highest BCUT2D eigenvalue weighted by molar-refractivity contribution is 8.01. The molecule has 1 aliphatic rings. The van der Waals surface area contributed by atoms with Crippen molar-refractivity contribution in [1.29, 1.82) is 0 Å². The average molecular weight is 306 g/mol. The predicted molar refractivity (Wildman–Crippen MR) is 83.3 cm³/mol. The van der Waals surface area contributed by atoms with E-state index >= 15 is 0 Å². The van der Waals surface area contributed by atoms with Crippen molar-refractivity contribution in [3.8, 4) is 0 Å². The maximum absolute atomic E-state index is 12.2. The van der Waals surface area contributed by atoms with Gasteiger partial charge in [0.2, 0.25) is 12.3 Å². The Labute approximate surface area is 127 Å². The number of carbonyl (C=O) groups excluding carboxylic acids is 2. The molecule has 21 heavy (non-hydrogen) atoms. The molecule has 0 radical (unpaired) electrons. The van der Waals surface area contributed by atoms with Crippen molar-refractivity contribution in [1.82, 2.24) is 10.2 Å². The Bertz CT molecular complexity index is 547. The first-order chi connectivity index (χ1) is 10.2. The summed E-state index contributed by atoms with van der Waals surface area (Å²) < 4.78 is 0. The Morgan fingerprint density at radius 1 is 1.38 bits per heavy atom. The van der Waals surface area contributed by atoms with Crippen LogP contribution < -0.4 is 16.2 Å². The minimum Gasteiger partial charge on any atom is -0.396 e. The number of nitrogens with one attached hydrogen (secondary N) is 1. The molecule has 7 heteroatoms. The molecule has 1 aliphatic heterocycles. The number of hydrogen-bond donors (Lipinski definition) is 3. The number of carbonyl (C=O) groups is 2. The van der Waals surface area contributed by atoms with Crippen molar-refractivity contribution >= 4 is 30.0 Å².